The fourth-order valence-corrected chi connectivity index (χ4v) is 2.23. The van der Waals surface area contributed by atoms with Crippen LogP contribution in [0.15, 0.2) is 24.3 Å². The molecule has 2 unspecified atom stereocenters. The molecule has 2 N–H and O–H groups in total. The summed E-state index contributed by atoms with van der Waals surface area (Å²) in [6.07, 6.45) is 1.68. The number of nitrogens with two attached hydrogens (primary N) is 1. The lowest BCUT2D eigenvalue weighted by atomic mass is 10.0. The molecule has 3 nitrogen and oxygen atoms in total. The van der Waals surface area contributed by atoms with Crippen LogP contribution in [0, 0.1) is 5.82 Å². The van der Waals surface area contributed by atoms with Crippen molar-refractivity contribution in [2.45, 2.75) is 31.8 Å². The number of hydrogen-bond acceptors (Lipinski definition) is 2. The van der Waals surface area contributed by atoms with Gasteiger partial charge in [0.1, 0.15) is 5.82 Å². The van der Waals surface area contributed by atoms with E-state index >= 15 is 0 Å². The fourth-order valence-electron chi connectivity index (χ4n) is 2.23. The van der Waals surface area contributed by atoms with Gasteiger partial charge >= 0.3 is 0 Å². The van der Waals surface area contributed by atoms with Gasteiger partial charge in [0.05, 0.1) is 12.1 Å². The van der Waals surface area contributed by atoms with Gasteiger partial charge in [-0.15, -0.1) is 0 Å². The van der Waals surface area contributed by atoms with Crippen molar-refractivity contribution in [3.8, 4) is 0 Å². The van der Waals surface area contributed by atoms with Crippen LogP contribution in [0.4, 0.5) is 4.39 Å². The lowest BCUT2D eigenvalue weighted by Gasteiger charge is -2.35. The van der Waals surface area contributed by atoms with Crippen molar-refractivity contribution in [3.63, 3.8) is 0 Å². The van der Waals surface area contributed by atoms with Crippen LogP contribution in [0.25, 0.3) is 0 Å². The maximum absolute atomic E-state index is 12.8. The van der Waals surface area contributed by atoms with Crippen LogP contribution in [0.3, 0.4) is 0 Å². The maximum atomic E-state index is 12.8. The molecule has 4 heteroatoms. The zero-order valence-corrected chi connectivity index (χ0v) is 9.90. The first-order valence-corrected chi connectivity index (χ1v) is 5.91. The van der Waals surface area contributed by atoms with Crippen molar-refractivity contribution in [2.24, 2.45) is 5.73 Å². The third-order valence-corrected chi connectivity index (χ3v) is 3.33. The smallest absolute Gasteiger partial charge is 0.239 e. The topological polar surface area (TPSA) is 46.3 Å². The molecular weight excluding hydrogens is 219 g/mol. The Balaban J connectivity index is 2.16. The quantitative estimate of drug-likeness (QED) is 0.851. The minimum atomic E-state index is -0.383. The van der Waals surface area contributed by atoms with Gasteiger partial charge in [-0.25, -0.2) is 4.39 Å². The van der Waals surface area contributed by atoms with Crippen LogP contribution < -0.4 is 5.73 Å². The molecule has 92 valence electrons. The monoisotopic (exact) mass is 236 g/mol. The highest BCUT2D eigenvalue weighted by molar-refractivity contribution is 5.82. The van der Waals surface area contributed by atoms with Gasteiger partial charge in [-0.05, 0) is 37.5 Å². The zero-order chi connectivity index (χ0) is 12.4. The van der Waals surface area contributed by atoms with Gasteiger partial charge in [0.15, 0.2) is 0 Å². The Kier molecular flexibility index (Phi) is 3.43. The lowest BCUT2D eigenvalue weighted by molar-refractivity contribution is -0.137. The highest BCUT2D eigenvalue weighted by Crippen LogP contribution is 2.24. The second-order valence-electron chi connectivity index (χ2n) is 4.51. The van der Waals surface area contributed by atoms with Crippen LogP contribution >= 0.6 is 0 Å². The van der Waals surface area contributed by atoms with Crippen molar-refractivity contribution in [2.75, 3.05) is 6.54 Å². The number of rotatable bonds is 2. The third kappa shape index (κ3) is 2.47. The van der Waals surface area contributed by atoms with E-state index in [4.69, 9.17) is 5.73 Å². The van der Waals surface area contributed by atoms with Gasteiger partial charge in [-0.2, -0.15) is 0 Å². The summed E-state index contributed by atoms with van der Waals surface area (Å²) in [5.74, 6) is -0.268. The van der Waals surface area contributed by atoms with E-state index in [1.807, 2.05) is 6.92 Å². The van der Waals surface area contributed by atoms with E-state index in [0.29, 0.717) is 0 Å². The summed E-state index contributed by atoms with van der Waals surface area (Å²) in [7, 11) is 0. The van der Waals surface area contributed by atoms with Gasteiger partial charge in [0, 0.05) is 6.54 Å². The van der Waals surface area contributed by atoms with E-state index < -0.39 is 0 Å². The van der Waals surface area contributed by atoms with Crippen molar-refractivity contribution in [1.29, 1.82) is 0 Å². The molecule has 0 radical (unpaired) electrons. The molecule has 17 heavy (non-hydrogen) atoms. The fraction of sp³-hybridized carbons (Fsp3) is 0.462. The molecule has 0 aromatic heterocycles. The molecule has 1 aromatic carbocycles. The molecule has 1 fully saturated rings. The molecule has 2 rings (SSSR count). The second kappa shape index (κ2) is 4.84. The molecule has 0 saturated carbocycles. The van der Waals surface area contributed by atoms with E-state index in [1.54, 1.807) is 17.0 Å². The van der Waals surface area contributed by atoms with Gasteiger partial charge in [0.2, 0.25) is 5.91 Å². The molecule has 1 aromatic rings. The molecular formula is C13H17FN2O. The van der Waals surface area contributed by atoms with Crippen LogP contribution in [-0.4, -0.2) is 23.4 Å². The zero-order valence-electron chi connectivity index (χ0n) is 9.90. The summed E-state index contributed by atoms with van der Waals surface area (Å²) >= 11 is 0. The summed E-state index contributed by atoms with van der Waals surface area (Å²) in [6.45, 7) is 2.67. The molecule has 1 aliphatic heterocycles. The van der Waals surface area contributed by atoms with Gasteiger partial charge in [-0.1, -0.05) is 12.1 Å². The molecule has 1 saturated heterocycles. The minimum Gasteiger partial charge on any atom is -0.335 e. The predicted octanol–water partition coefficient (Wildman–Crippen LogP) is 1.84. The third-order valence-electron chi connectivity index (χ3n) is 3.33. The van der Waals surface area contributed by atoms with Gasteiger partial charge in [-0.3, -0.25) is 4.79 Å². The Morgan fingerprint density at radius 2 is 2.06 bits per heavy atom. The Morgan fingerprint density at radius 1 is 1.41 bits per heavy atom. The molecule has 0 spiro atoms. The predicted molar refractivity (Wildman–Crippen MR) is 63.7 cm³/mol. The number of piperidine rings is 1. The molecule has 1 aliphatic rings. The molecule has 1 amide bonds. The largest absolute Gasteiger partial charge is 0.335 e. The average molecular weight is 236 g/mol. The first-order valence-electron chi connectivity index (χ1n) is 5.91. The van der Waals surface area contributed by atoms with Crippen molar-refractivity contribution in [3.05, 3.63) is 35.6 Å². The van der Waals surface area contributed by atoms with Crippen LogP contribution in [0.2, 0.25) is 0 Å². The van der Waals surface area contributed by atoms with E-state index in [-0.39, 0.29) is 23.8 Å². The van der Waals surface area contributed by atoms with Crippen molar-refractivity contribution < 1.29 is 9.18 Å². The number of benzene rings is 1. The van der Waals surface area contributed by atoms with E-state index in [2.05, 4.69) is 0 Å². The minimum absolute atomic E-state index is 0.00641. The number of likely N-dealkylation sites (tertiary alicyclic amines) is 1. The lowest BCUT2D eigenvalue weighted by Crippen LogP contribution is -2.49. The standard InChI is InChI=1S/C13H17FN2O/c1-9(10-4-6-11(14)7-5-10)16-8-2-3-12(15)13(16)17/h4-7,9,12H,2-3,8,15H2,1H3. The van der Waals surface area contributed by atoms with Crippen LogP contribution in [0.5, 0.6) is 0 Å². The first kappa shape index (κ1) is 12.0. The summed E-state index contributed by atoms with van der Waals surface area (Å²) in [5, 5.41) is 0. The van der Waals surface area contributed by atoms with Crippen molar-refractivity contribution >= 4 is 5.91 Å². The first-order chi connectivity index (χ1) is 8.09. The van der Waals surface area contributed by atoms with Crippen molar-refractivity contribution in [1.82, 2.24) is 4.90 Å². The Bertz CT molecular complexity index is 404. The van der Waals surface area contributed by atoms with Crippen LogP contribution in [0.1, 0.15) is 31.4 Å². The summed E-state index contributed by atoms with van der Waals surface area (Å²) in [5.41, 5.74) is 6.70. The Hall–Kier alpha value is -1.42. The van der Waals surface area contributed by atoms with E-state index in [0.717, 1.165) is 24.9 Å². The highest BCUT2D eigenvalue weighted by atomic mass is 19.1. The van der Waals surface area contributed by atoms with E-state index in [1.165, 1.54) is 12.1 Å². The summed E-state index contributed by atoms with van der Waals surface area (Å²) in [4.78, 5) is 13.7. The molecule has 0 aliphatic carbocycles. The van der Waals surface area contributed by atoms with Gasteiger partial charge in [0.25, 0.3) is 0 Å². The molecule has 2 atom stereocenters. The number of nitrogens with zero attached hydrogens (tertiary/aromatic N) is 1. The number of amides is 1. The average Bonchev–Trinajstić information content (AvgIpc) is 2.33. The van der Waals surface area contributed by atoms with Gasteiger partial charge < -0.3 is 10.6 Å². The normalized spacial score (nSPS) is 22.6. The number of hydrogen-bond donors (Lipinski definition) is 1. The van der Waals surface area contributed by atoms with E-state index in [9.17, 15) is 9.18 Å². The van der Waals surface area contributed by atoms with Crippen LogP contribution in [-0.2, 0) is 4.79 Å². The molecule has 1 heterocycles. The Morgan fingerprint density at radius 3 is 2.71 bits per heavy atom. The number of halogens is 1. The second-order valence-corrected chi connectivity index (χ2v) is 4.51. The maximum Gasteiger partial charge on any atom is 0.239 e. The number of carbonyl (C=O) groups is 1. The Labute approximate surface area is 100 Å². The highest BCUT2D eigenvalue weighted by Gasteiger charge is 2.29. The number of carbonyl (C=O) groups excluding carboxylic acids is 1. The SMILES string of the molecule is CC(c1ccc(F)cc1)N1CCCC(N)C1=O. The summed E-state index contributed by atoms with van der Waals surface area (Å²) in [6, 6.07) is 5.84. The molecule has 0 bridgehead atoms. The summed E-state index contributed by atoms with van der Waals surface area (Å²) < 4.78 is 12.8.